The maximum Gasteiger partial charge on any atom is 0.332 e. The molecule has 0 aliphatic heterocycles. The molecule has 0 aromatic carbocycles. The van der Waals surface area contributed by atoms with Crippen molar-refractivity contribution in [2.45, 2.75) is 32.9 Å². The molecule has 7 nitrogen and oxygen atoms in total. The topological polar surface area (TPSA) is 82.1 Å². The van der Waals surface area contributed by atoms with Crippen LogP contribution in [0.4, 0.5) is 0 Å². The van der Waals surface area contributed by atoms with Gasteiger partial charge >= 0.3 is 5.69 Å². The number of nitrogens with zero attached hydrogens (tertiary/aromatic N) is 4. The van der Waals surface area contributed by atoms with E-state index in [1.807, 2.05) is 6.92 Å². The summed E-state index contributed by atoms with van der Waals surface area (Å²) in [6.07, 6.45) is 2.85. The number of aromatic nitrogens is 4. The molecule has 0 bridgehead atoms. The van der Waals surface area contributed by atoms with Gasteiger partial charge in [-0.15, -0.1) is 0 Å². The maximum atomic E-state index is 12.4. The Labute approximate surface area is 109 Å². The summed E-state index contributed by atoms with van der Waals surface area (Å²) in [5.74, 6) is 0. The highest BCUT2D eigenvalue weighted by molar-refractivity contribution is 5.69. The number of aryl methyl sites for hydroxylation is 2. The second kappa shape index (κ2) is 5.40. The molecule has 0 aliphatic carbocycles. The molecule has 0 unspecified atom stereocenters. The summed E-state index contributed by atoms with van der Waals surface area (Å²) >= 11 is 0. The van der Waals surface area contributed by atoms with Crippen LogP contribution in [-0.4, -0.2) is 30.4 Å². The van der Waals surface area contributed by atoms with Crippen molar-refractivity contribution in [3.8, 4) is 0 Å². The van der Waals surface area contributed by atoms with Crippen LogP contribution in [0.15, 0.2) is 15.9 Å². The fourth-order valence-electron chi connectivity index (χ4n) is 2.16. The van der Waals surface area contributed by atoms with E-state index in [9.17, 15) is 9.59 Å². The zero-order valence-corrected chi connectivity index (χ0v) is 11.2. The Hall–Kier alpha value is -1.89. The van der Waals surface area contributed by atoms with Gasteiger partial charge in [-0.1, -0.05) is 6.92 Å². The molecule has 0 amide bonds. The SMILES string of the molecule is CCCn1cnc2c1c(=O)n(CCCO)c(=O)n2C. The summed E-state index contributed by atoms with van der Waals surface area (Å²) < 4.78 is 4.30. The Morgan fingerprint density at radius 2 is 2.05 bits per heavy atom. The molecule has 7 heteroatoms. The third-order valence-electron chi connectivity index (χ3n) is 3.11. The average Bonchev–Trinajstić information content (AvgIpc) is 2.81. The van der Waals surface area contributed by atoms with Gasteiger partial charge in [-0.25, -0.2) is 9.78 Å². The van der Waals surface area contributed by atoms with Gasteiger partial charge in [-0.2, -0.15) is 0 Å². The summed E-state index contributed by atoms with van der Waals surface area (Å²) in [5, 5.41) is 8.85. The van der Waals surface area contributed by atoms with Gasteiger partial charge in [-0.05, 0) is 12.8 Å². The normalized spacial score (nSPS) is 11.3. The minimum atomic E-state index is -0.396. The third kappa shape index (κ3) is 2.21. The Balaban J connectivity index is 2.73. The molecule has 2 aromatic heterocycles. The van der Waals surface area contributed by atoms with E-state index in [0.29, 0.717) is 24.1 Å². The van der Waals surface area contributed by atoms with Crippen LogP contribution < -0.4 is 11.2 Å². The minimum Gasteiger partial charge on any atom is -0.396 e. The molecule has 0 atom stereocenters. The van der Waals surface area contributed by atoms with Crippen LogP contribution in [0, 0.1) is 0 Å². The highest BCUT2D eigenvalue weighted by Crippen LogP contribution is 2.06. The maximum absolute atomic E-state index is 12.4. The van der Waals surface area contributed by atoms with Crippen LogP contribution in [0.25, 0.3) is 11.2 Å². The standard InChI is InChI=1S/C12H18N4O3/c1-3-5-15-8-13-10-9(15)11(18)16(6-4-7-17)12(19)14(10)2/h8,17H,3-7H2,1-2H3. The van der Waals surface area contributed by atoms with Crippen molar-refractivity contribution in [3.05, 3.63) is 27.2 Å². The van der Waals surface area contributed by atoms with Crippen molar-refractivity contribution in [1.82, 2.24) is 18.7 Å². The van der Waals surface area contributed by atoms with Crippen molar-refractivity contribution in [2.75, 3.05) is 6.61 Å². The number of rotatable bonds is 5. The number of aliphatic hydroxyl groups excluding tert-OH is 1. The Kier molecular flexibility index (Phi) is 3.84. The molecule has 0 saturated carbocycles. The summed E-state index contributed by atoms with van der Waals surface area (Å²) in [6.45, 7) is 2.86. The van der Waals surface area contributed by atoms with Crippen LogP contribution in [0.5, 0.6) is 0 Å². The number of fused-ring (bicyclic) bond motifs is 1. The molecule has 2 rings (SSSR count). The lowest BCUT2D eigenvalue weighted by Crippen LogP contribution is -2.39. The molecule has 0 fully saturated rings. The zero-order chi connectivity index (χ0) is 14.0. The van der Waals surface area contributed by atoms with E-state index in [4.69, 9.17) is 5.11 Å². The van der Waals surface area contributed by atoms with E-state index in [0.717, 1.165) is 11.0 Å². The average molecular weight is 266 g/mol. The summed E-state index contributed by atoms with van der Waals surface area (Å²) in [4.78, 5) is 28.6. The predicted octanol–water partition coefficient (Wildman–Crippen LogP) is -0.311. The first-order chi connectivity index (χ1) is 9.11. The Morgan fingerprint density at radius 3 is 2.68 bits per heavy atom. The van der Waals surface area contributed by atoms with Crippen molar-refractivity contribution in [3.63, 3.8) is 0 Å². The van der Waals surface area contributed by atoms with Gasteiger partial charge in [0.1, 0.15) is 0 Å². The van der Waals surface area contributed by atoms with Crippen molar-refractivity contribution < 1.29 is 5.11 Å². The zero-order valence-electron chi connectivity index (χ0n) is 11.2. The van der Waals surface area contributed by atoms with Crippen LogP contribution >= 0.6 is 0 Å². The van der Waals surface area contributed by atoms with E-state index >= 15 is 0 Å². The first-order valence-corrected chi connectivity index (χ1v) is 6.37. The highest BCUT2D eigenvalue weighted by atomic mass is 16.3. The number of hydrogen-bond donors (Lipinski definition) is 1. The first-order valence-electron chi connectivity index (χ1n) is 6.37. The Morgan fingerprint density at radius 1 is 1.32 bits per heavy atom. The monoisotopic (exact) mass is 266 g/mol. The van der Waals surface area contributed by atoms with E-state index in [2.05, 4.69) is 4.98 Å². The fraction of sp³-hybridized carbons (Fsp3) is 0.583. The first kappa shape index (κ1) is 13.5. The lowest BCUT2D eigenvalue weighted by Gasteiger charge is -2.08. The third-order valence-corrected chi connectivity index (χ3v) is 3.11. The molecule has 0 aliphatic rings. The van der Waals surface area contributed by atoms with Gasteiger partial charge in [-0.3, -0.25) is 13.9 Å². The number of hydrogen-bond acceptors (Lipinski definition) is 4. The van der Waals surface area contributed by atoms with Gasteiger partial charge in [0, 0.05) is 26.7 Å². The number of imidazole rings is 1. The van der Waals surface area contributed by atoms with E-state index < -0.39 is 5.69 Å². The lowest BCUT2D eigenvalue weighted by atomic mass is 10.4. The van der Waals surface area contributed by atoms with Crippen molar-refractivity contribution in [2.24, 2.45) is 7.05 Å². The molecule has 104 valence electrons. The van der Waals surface area contributed by atoms with Crippen molar-refractivity contribution in [1.29, 1.82) is 0 Å². The molecular formula is C12H18N4O3. The van der Waals surface area contributed by atoms with Crippen LogP contribution in [0.2, 0.25) is 0 Å². The molecule has 2 aromatic rings. The largest absolute Gasteiger partial charge is 0.396 e. The van der Waals surface area contributed by atoms with Gasteiger partial charge in [0.15, 0.2) is 11.2 Å². The summed E-state index contributed by atoms with van der Waals surface area (Å²) in [6, 6.07) is 0. The van der Waals surface area contributed by atoms with Gasteiger partial charge in [0.05, 0.1) is 6.33 Å². The lowest BCUT2D eigenvalue weighted by molar-refractivity contribution is 0.277. The molecular weight excluding hydrogens is 248 g/mol. The molecule has 0 spiro atoms. The number of aliphatic hydroxyl groups is 1. The second-order valence-corrected chi connectivity index (χ2v) is 4.49. The predicted molar refractivity (Wildman–Crippen MR) is 71.2 cm³/mol. The van der Waals surface area contributed by atoms with Gasteiger partial charge < -0.3 is 9.67 Å². The second-order valence-electron chi connectivity index (χ2n) is 4.49. The van der Waals surface area contributed by atoms with Crippen LogP contribution in [-0.2, 0) is 20.1 Å². The molecule has 19 heavy (non-hydrogen) atoms. The van der Waals surface area contributed by atoms with E-state index in [1.165, 1.54) is 4.57 Å². The van der Waals surface area contributed by atoms with Gasteiger partial charge in [0.2, 0.25) is 0 Å². The molecule has 1 N–H and O–H groups in total. The van der Waals surface area contributed by atoms with E-state index in [1.54, 1.807) is 17.9 Å². The molecule has 0 saturated heterocycles. The minimum absolute atomic E-state index is 0.0537. The summed E-state index contributed by atoms with van der Waals surface area (Å²) in [7, 11) is 1.60. The molecule has 2 heterocycles. The molecule has 0 radical (unpaired) electrons. The van der Waals surface area contributed by atoms with Gasteiger partial charge in [0.25, 0.3) is 5.56 Å². The van der Waals surface area contributed by atoms with E-state index in [-0.39, 0.29) is 18.7 Å². The highest BCUT2D eigenvalue weighted by Gasteiger charge is 2.15. The quantitative estimate of drug-likeness (QED) is 0.804. The van der Waals surface area contributed by atoms with Crippen LogP contribution in [0.3, 0.4) is 0 Å². The summed E-state index contributed by atoms with van der Waals surface area (Å²) in [5.41, 5.74) is 0.121. The smallest absolute Gasteiger partial charge is 0.332 e. The Bertz CT molecular complexity index is 695. The fourth-order valence-corrected chi connectivity index (χ4v) is 2.16. The van der Waals surface area contributed by atoms with Crippen LogP contribution in [0.1, 0.15) is 19.8 Å². The van der Waals surface area contributed by atoms with Crippen molar-refractivity contribution >= 4 is 11.2 Å².